The topological polar surface area (TPSA) is 109 Å². The van der Waals surface area contributed by atoms with Gasteiger partial charge in [0, 0.05) is 5.56 Å². The normalized spacial score (nSPS) is 11.0. The first-order chi connectivity index (χ1) is 15.1. The van der Waals surface area contributed by atoms with Gasteiger partial charge in [-0.25, -0.2) is 15.0 Å². The number of para-hydroxylation sites is 3. The summed E-state index contributed by atoms with van der Waals surface area (Å²) in [5, 5.41) is 15.4. The van der Waals surface area contributed by atoms with Crippen molar-refractivity contribution < 1.29 is 14.6 Å². The first-order valence-corrected chi connectivity index (χ1v) is 9.41. The highest BCUT2D eigenvalue weighted by Crippen LogP contribution is 2.18. The van der Waals surface area contributed by atoms with E-state index in [1.165, 1.54) is 10.8 Å². The van der Waals surface area contributed by atoms with E-state index in [2.05, 4.69) is 15.5 Å². The van der Waals surface area contributed by atoms with Crippen LogP contribution in [-0.2, 0) is 4.79 Å². The molecule has 0 atom stereocenters. The van der Waals surface area contributed by atoms with Crippen LogP contribution in [0.5, 0.6) is 5.75 Å². The second kappa shape index (κ2) is 8.91. The number of aliphatic carboxylic acids is 1. The van der Waals surface area contributed by atoms with E-state index in [9.17, 15) is 14.7 Å². The molecule has 0 saturated heterocycles. The molecule has 1 N–H and O–H groups in total. The number of hydrogen-bond acceptors (Lipinski definition) is 7. The fourth-order valence-electron chi connectivity index (χ4n) is 3.04. The quantitative estimate of drug-likeness (QED) is 0.367. The number of aromatic nitrogens is 2. The van der Waals surface area contributed by atoms with E-state index in [1.54, 1.807) is 60.7 Å². The van der Waals surface area contributed by atoms with Crippen LogP contribution >= 0.6 is 0 Å². The fourth-order valence-corrected chi connectivity index (χ4v) is 3.04. The van der Waals surface area contributed by atoms with Crippen molar-refractivity contribution in [2.75, 3.05) is 12.0 Å². The summed E-state index contributed by atoms with van der Waals surface area (Å²) in [5.74, 6) is -0.749. The maximum Gasteiger partial charge on any atom is 0.267 e. The minimum Gasteiger partial charge on any atom is -0.546 e. The number of nitrogens with one attached hydrogen (secondary N) is 1. The Hall–Kier alpha value is -4.46. The first-order valence-electron chi connectivity index (χ1n) is 9.41. The van der Waals surface area contributed by atoms with Gasteiger partial charge in [-0.3, -0.25) is 4.79 Å². The number of nitrogens with zero attached hydrogens (tertiary/aromatic N) is 3. The van der Waals surface area contributed by atoms with Gasteiger partial charge in [0.1, 0.15) is 12.4 Å². The molecule has 1 aromatic heterocycles. The molecule has 0 fully saturated rings. The third kappa shape index (κ3) is 4.43. The minimum atomic E-state index is -1.32. The SMILES string of the molecule is O=C([O-])COc1ccccc1/C=N\Nc1nc2ccccc2c(=O)n1-c1ccccc1. The zero-order valence-corrected chi connectivity index (χ0v) is 16.3. The zero-order valence-electron chi connectivity index (χ0n) is 16.3. The molecule has 0 saturated carbocycles. The molecule has 1 heterocycles. The number of benzene rings is 3. The van der Waals surface area contributed by atoms with Gasteiger partial charge in [0.15, 0.2) is 0 Å². The van der Waals surface area contributed by atoms with E-state index in [1.807, 2.05) is 18.2 Å². The maximum atomic E-state index is 13.1. The zero-order chi connectivity index (χ0) is 21.6. The lowest BCUT2D eigenvalue weighted by molar-refractivity contribution is -0.307. The van der Waals surface area contributed by atoms with Crippen LogP contribution in [-0.4, -0.2) is 28.3 Å². The summed E-state index contributed by atoms with van der Waals surface area (Å²) in [6.45, 7) is -0.571. The number of carbonyl (C=O) groups excluding carboxylic acids is 1. The number of fused-ring (bicyclic) bond motifs is 1. The number of rotatable bonds is 7. The van der Waals surface area contributed by atoms with E-state index < -0.39 is 12.6 Å². The number of carboxylic acids is 1. The number of hydrazone groups is 1. The molecule has 8 nitrogen and oxygen atoms in total. The summed E-state index contributed by atoms with van der Waals surface area (Å²) in [7, 11) is 0. The second-order valence-electron chi connectivity index (χ2n) is 6.50. The van der Waals surface area contributed by atoms with E-state index in [0.29, 0.717) is 27.9 Å². The molecule has 0 spiro atoms. The lowest BCUT2D eigenvalue weighted by Crippen LogP contribution is -2.29. The molecule has 0 radical (unpaired) electrons. The summed E-state index contributed by atoms with van der Waals surface area (Å²) in [4.78, 5) is 28.4. The van der Waals surface area contributed by atoms with Crippen molar-refractivity contribution in [3.05, 3.63) is 94.8 Å². The predicted molar refractivity (Wildman–Crippen MR) is 116 cm³/mol. The number of anilines is 1. The van der Waals surface area contributed by atoms with Crippen molar-refractivity contribution in [3.8, 4) is 11.4 Å². The van der Waals surface area contributed by atoms with E-state index >= 15 is 0 Å². The van der Waals surface area contributed by atoms with Gasteiger partial charge in [0.2, 0.25) is 5.95 Å². The summed E-state index contributed by atoms with van der Waals surface area (Å²) >= 11 is 0. The Balaban J connectivity index is 1.71. The number of carbonyl (C=O) groups is 1. The monoisotopic (exact) mass is 413 g/mol. The third-order valence-electron chi connectivity index (χ3n) is 4.42. The molecule has 0 aliphatic carbocycles. The summed E-state index contributed by atoms with van der Waals surface area (Å²) < 4.78 is 6.66. The summed E-state index contributed by atoms with van der Waals surface area (Å²) in [6.07, 6.45) is 1.46. The summed E-state index contributed by atoms with van der Waals surface area (Å²) in [6, 6.07) is 23.0. The van der Waals surface area contributed by atoms with Crippen LogP contribution in [0.25, 0.3) is 16.6 Å². The van der Waals surface area contributed by atoms with E-state index in [0.717, 1.165) is 0 Å². The highest BCUT2D eigenvalue weighted by Gasteiger charge is 2.12. The molecule has 0 aliphatic rings. The van der Waals surface area contributed by atoms with Gasteiger partial charge in [-0.1, -0.05) is 42.5 Å². The van der Waals surface area contributed by atoms with Gasteiger partial charge in [-0.05, 0) is 36.4 Å². The molecule has 0 unspecified atom stereocenters. The van der Waals surface area contributed by atoms with Crippen molar-refractivity contribution in [1.82, 2.24) is 9.55 Å². The number of hydrogen-bond donors (Lipinski definition) is 1. The van der Waals surface area contributed by atoms with Gasteiger partial charge in [0.05, 0.1) is 28.8 Å². The van der Waals surface area contributed by atoms with E-state index in [-0.39, 0.29) is 11.5 Å². The van der Waals surface area contributed by atoms with Crippen molar-refractivity contribution in [2.45, 2.75) is 0 Å². The lowest BCUT2D eigenvalue weighted by atomic mass is 10.2. The molecule has 4 rings (SSSR count). The highest BCUT2D eigenvalue weighted by atomic mass is 16.5. The molecule has 0 amide bonds. The highest BCUT2D eigenvalue weighted by molar-refractivity contribution is 5.84. The first kappa shape index (κ1) is 19.8. The fraction of sp³-hybridized carbons (Fsp3) is 0.0435. The average Bonchev–Trinajstić information content (AvgIpc) is 2.79. The Morgan fingerprint density at radius 3 is 2.55 bits per heavy atom. The third-order valence-corrected chi connectivity index (χ3v) is 4.42. The summed E-state index contributed by atoms with van der Waals surface area (Å²) in [5.41, 5.74) is 4.32. The Morgan fingerprint density at radius 2 is 1.74 bits per heavy atom. The molecule has 31 heavy (non-hydrogen) atoms. The van der Waals surface area contributed by atoms with Gasteiger partial charge >= 0.3 is 0 Å². The van der Waals surface area contributed by atoms with Gasteiger partial charge < -0.3 is 14.6 Å². The average molecular weight is 413 g/mol. The Kier molecular flexibility index (Phi) is 5.70. The van der Waals surface area contributed by atoms with Crippen molar-refractivity contribution in [2.24, 2.45) is 5.10 Å². The van der Waals surface area contributed by atoms with Crippen molar-refractivity contribution >= 4 is 29.0 Å². The van der Waals surface area contributed by atoms with Crippen LogP contribution in [0.1, 0.15) is 5.56 Å². The standard InChI is InChI=1S/C23H18N4O4/c28-21(29)15-31-20-13-7-4-8-16(20)14-24-26-23-25-19-12-6-5-11-18(19)22(30)27(23)17-9-2-1-3-10-17/h1-14H,15H2,(H,25,26)(H,28,29)/p-1/b24-14-. The smallest absolute Gasteiger partial charge is 0.267 e. The minimum absolute atomic E-state index is 0.229. The lowest BCUT2D eigenvalue weighted by Gasteiger charge is -2.13. The van der Waals surface area contributed by atoms with E-state index in [4.69, 9.17) is 4.74 Å². The van der Waals surface area contributed by atoms with Crippen molar-refractivity contribution in [3.63, 3.8) is 0 Å². The van der Waals surface area contributed by atoms with Crippen LogP contribution < -0.4 is 20.8 Å². The maximum absolute atomic E-state index is 13.1. The van der Waals surface area contributed by atoms with Crippen LogP contribution in [0.3, 0.4) is 0 Å². The van der Waals surface area contributed by atoms with Crippen LogP contribution in [0.2, 0.25) is 0 Å². The molecule has 4 aromatic rings. The van der Waals surface area contributed by atoms with Crippen LogP contribution in [0.15, 0.2) is 88.8 Å². The van der Waals surface area contributed by atoms with Gasteiger partial charge in [-0.2, -0.15) is 5.10 Å². The Bertz CT molecular complexity index is 1320. The molecule has 3 aromatic carbocycles. The molecular formula is C23H17N4O4-. The molecule has 0 aliphatic heterocycles. The number of carboxylic acid groups (broad SMARTS) is 1. The van der Waals surface area contributed by atoms with Crippen LogP contribution in [0.4, 0.5) is 5.95 Å². The largest absolute Gasteiger partial charge is 0.546 e. The van der Waals surface area contributed by atoms with Crippen LogP contribution in [0, 0.1) is 0 Å². The Morgan fingerprint density at radius 1 is 1.03 bits per heavy atom. The second-order valence-corrected chi connectivity index (χ2v) is 6.50. The van der Waals surface area contributed by atoms with Crippen molar-refractivity contribution in [1.29, 1.82) is 0 Å². The molecule has 8 heteroatoms. The Labute approximate surface area is 177 Å². The molecular weight excluding hydrogens is 396 g/mol. The predicted octanol–water partition coefficient (Wildman–Crippen LogP) is 1.96. The number of ether oxygens (including phenoxy) is 1. The molecule has 154 valence electrons. The molecule has 0 bridgehead atoms. The van der Waals surface area contributed by atoms with Gasteiger partial charge in [0.25, 0.3) is 5.56 Å². The van der Waals surface area contributed by atoms with Gasteiger partial charge in [-0.15, -0.1) is 0 Å².